The van der Waals surface area contributed by atoms with Crippen LogP contribution in [0.3, 0.4) is 0 Å². The molecule has 0 bridgehead atoms. The van der Waals surface area contributed by atoms with E-state index in [0.717, 1.165) is 30.9 Å². The Morgan fingerprint density at radius 1 is 1.33 bits per heavy atom. The number of hydrogen-bond donors (Lipinski definition) is 1. The summed E-state index contributed by atoms with van der Waals surface area (Å²) in [5.74, 6) is 0.613. The number of hydrogen-bond acceptors (Lipinski definition) is 3. The first-order valence-electron chi connectivity index (χ1n) is 6.75. The summed E-state index contributed by atoms with van der Waals surface area (Å²) in [6.45, 7) is 6.72. The highest BCUT2D eigenvalue weighted by molar-refractivity contribution is 5.46. The van der Waals surface area contributed by atoms with Crippen LogP contribution in [0.4, 0.5) is 10.2 Å². The summed E-state index contributed by atoms with van der Waals surface area (Å²) in [6, 6.07) is 1.57. The first-order valence-corrected chi connectivity index (χ1v) is 6.75. The van der Waals surface area contributed by atoms with Crippen LogP contribution in [0.5, 0.6) is 0 Å². The number of anilines is 1. The monoisotopic (exact) mass is 253 g/mol. The molecule has 1 heterocycles. The Balaban J connectivity index is 2.72. The van der Waals surface area contributed by atoms with Crippen molar-refractivity contribution in [2.45, 2.75) is 39.7 Å². The van der Waals surface area contributed by atoms with Crippen molar-refractivity contribution in [2.75, 3.05) is 25.0 Å². The molecular weight excluding hydrogens is 229 g/mol. The molecule has 102 valence electrons. The largest absolute Gasteiger partial charge is 0.359 e. The van der Waals surface area contributed by atoms with Gasteiger partial charge < -0.3 is 10.2 Å². The standard InChI is InChI=1S/C14H24FN3/c1-4-6-7-8-18(3)14-12(10-16-5-2)9-13(15)11-17-14/h9,11,16H,4-8,10H2,1-3H3. The van der Waals surface area contributed by atoms with Crippen LogP contribution in [0, 0.1) is 5.82 Å². The predicted octanol–water partition coefficient (Wildman–Crippen LogP) is 2.96. The summed E-state index contributed by atoms with van der Waals surface area (Å²) < 4.78 is 13.2. The maximum Gasteiger partial charge on any atom is 0.141 e. The van der Waals surface area contributed by atoms with E-state index in [4.69, 9.17) is 0 Å². The third kappa shape index (κ3) is 4.61. The molecule has 0 saturated heterocycles. The zero-order valence-electron chi connectivity index (χ0n) is 11.7. The highest BCUT2D eigenvalue weighted by atomic mass is 19.1. The Morgan fingerprint density at radius 3 is 2.78 bits per heavy atom. The number of nitrogens with one attached hydrogen (secondary N) is 1. The van der Waals surface area contributed by atoms with Crippen LogP contribution in [0.1, 0.15) is 38.7 Å². The smallest absolute Gasteiger partial charge is 0.141 e. The van der Waals surface area contributed by atoms with Crippen molar-refractivity contribution < 1.29 is 4.39 Å². The minimum absolute atomic E-state index is 0.270. The molecule has 0 spiro atoms. The SMILES string of the molecule is CCCCCN(C)c1ncc(F)cc1CNCC. The van der Waals surface area contributed by atoms with Crippen LogP contribution in [-0.2, 0) is 6.54 Å². The molecule has 0 amide bonds. The molecule has 0 unspecified atom stereocenters. The van der Waals surface area contributed by atoms with Gasteiger partial charge in [-0.05, 0) is 19.0 Å². The van der Waals surface area contributed by atoms with Gasteiger partial charge in [0.15, 0.2) is 0 Å². The summed E-state index contributed by atoms with van der Waals surface area (Å²) in [5.41, 5.74) is 0.927. The van der Waals surface area contributed by atoms with Gasteiger partial charge >= 0.3 is 0 Å². The van der Waals surface area contributed by atoms with Gasteiger partial charge in [0.05, 0.1) is 6.20 Å². The predicted molar refractivity (Wildman–Crippen MR) is 74.4 cm³/mol. The molecule has 0 radical (unpaired) electrons. The van der Waals surface area contributed by atoms with Gasteiger partial charge in [-0.2, -0.15) is 0 Å². The average Bonchev–Trinajstić information content (AvgIpc) is 2.36. The molecule has 0 atom stereocenters. The Morgan fingerprint density at radius 2 is 2.11 bits per heavy atom. The van der Waals surface area contributed by atoms with Gasteiger partial charge in [-0.25, -0.2) is 9.37 Å². The van der Waals surface area contributed by atoms with Gasteiger partial charge in [-0.1, -0.05) is 26.7 Å². The van der Waals surface area contributed by atoms with Crippen molar-refractivity contribution in [3.63, 3.8) is 0 Å². The van der Waals surface area contributed by atoms with Crippen molar-refractivity contribution >= 4 is 5.82 Å². The molecule has 0 saturated carbocycles. The fraction of sp³-hybridized carbons (Fsp3) is 0.643. The van der Waals surface area contributed by atoms with E-state index >= 15 is 0 Å². The molecule has 0 aromatic carbocycles. The number of unbranched alkanes of at least 4 members (excludes halogenated alkanes) is 2. The summed E-state index contributed by atoms with van der Waals surface area (Å²) in [5, 5.41) is 3.22. The lowest BCUT2D eigenvalue weighted by Crippen LogP contribution is -2.23. The van der Waals surface area contributed by atoms with Crippen molar-refractivity contribution in [3.05, 3.63) is 23.6 Å². The molecule has 18 heavy (non-hydrogen) atoms. The van der Waals surface area contributed by atoms with Crippen molar-refractivity contribution in [3.8, 4) is 0 Å². The van der Waals surface area contributed by atoms with Gasteiger partial charge in [0.1, 0.15) is 11.6 Å². The maximum absolute atomic E-state index is 13.2. The van der Waals surface area contributed by atoms with Gasteiger partial charge in [-0.3, -0.25) is 0 Å². The summed E-state index contributed by atoms with van der Waals surface area (Å²) in [7, 11) is 2.02. The third-order valence-corrected chi connectivity index (χ3v) is 2.93. The van der Waals surface area contributed by atoms with Crippen molar-refractivity contribution in [1.29, 1.82) is 0 Å². The van der Waals surface area contributed by atoms with Gasteiger partial charge in [0.25, 0.3) is 0 Å². The normalized spacial score (nSPS) is 10.7. The fourth-order valence-corrected chi connectivity index (χ4v) is 1.91. The van der Waals surface area contributed by atoms with Crippen LogP contribution in [0.15, 0.2) is 12.3 Å². The van der Waals surface area contributed by atoms with Gasteiger partial charge in [0, 0.05) is 25.7 Å². The molecule has 1 rings (SSSR count). The number of rotatable bonds is 8. The number of nitrogens with zero attached hydrogens (tertiary/aromatic N) is 2. The summed E-state index contributed by atoms with van der Waals surface area (Å²) in [4.78, 5) is 6.33. The molecule has 1 aromatic rings. The van der Waals surface area contributed by atoms with E-state index < -0.39 is 0 Å². The molecule has 0 aliphatic rings. The van der Waals surface area contributed by atoms with Gasteiger partial charge in [0.2, 0.25) is 0 Å². The summed E-state index contributed by atoms with van der Waals surface area (Å²) in [6.07, 6.45) is 4.86. The number of pyridine rings is 1. The Hall–Kier alpha value is -1.16. The molecule has 0 aliphatic heterocycles. The molecular formula is C14H24FN3. The number of halogens is 1. The van der Waals surface area contributed by atoms with Crippen LogP contribution < -0.4 is 10.2 Å². The van der Waals surface area contributed by atoms with E-state index in [0.29, 0.717) is 6.54 Å². The van der Waals surface area contributed by atoms with E-state index in [-0.39, 0.29) is 5.82 Å². The molecule has 3 nitrogen and oxygen atoms in total. The molecule has 1 aromatic heterocycles. The Bertz CT molecular complexity index is 355. The van der Waals surface area contributed by atoms with E-state index in [1.165, 1.54) is 19.0 Å². The van der Waals surface area contributed by atoms with Crippen molar-refractivity contribution in [1.82, 2.24) is 10.3 Å². The molecule has 1 N–H and O–H groups in total. The van der Waals surface area contributed by atoms with Crippen molar-refractivity contribution in [2.24, 2.45) is 0 Å². The highest BCUT2D eigenvalue weighted by Gasteiger charge is 2.09. The lowest BCUT2D eigenvalue weighted by Gasteiger charge is -2.21. The maximum atomic E-state index is 13.2. The van der Waals surface area contributed by atoms with E-state index in [1.807, 2.05) is 14.0 Å². The molecule has 4 heteroatoms. The lowest BCUT2D eigenvalue weighted by molar-refractivity contribution is 0.612. The first kappa shape index (κ1) is 14.9. The Kier molecular flexibility index (Phi) is 6.65. The van der Waals surface area contributed by atoms with Crippen LogP contribution in [0.2, 0.25) is 0 Å². The van der Waals surface area contributed by atoms with Gasteiger partial charge in [-0.15, -0.1) is 0 Å². The lowest BCUT2D eigenvalue weighted by atomic mass is 10.2. The Labute approximate surface area is 109 Å². The zero-order chi connectivity index (χ0) is 13.4. The molecule has 0 aliphatic carbocycles. The third-order valence-electron chi connectivity index (χ3n) is 2.93. The van der Waals surface area contributed by atoms with Crippen LogP contribution >= 0.6 is 0 Å². The zero-order valence-corrected chi connectivity index (χ0v) is 11.7. The minimum atomic E-state index is -0.270. The van der Waals surface area contributed by atoms with E-state index in [1.54, 1.807) is 6.07 Å². The van der Waals surface area contributed by atoms with E-state index in [2.05, 4.69) is 22.1 Å². The van der Waals surface area contributed by atoms with Crippen LogP contribution in [0.25, 0.3) is 0 Å². The number of aromatic nitrogens is 1. The average molecular weight is 253 g/mol. The van der Waals surface area contributed by atoms with E-state index in [9.17, 15) is 4.39 Å². The summed E-state index contributed by atoms with van der Waals surface area (Å²) >= 11 is 0. The van der Waals surface area contributed by atoms with Crippen LogP contribution in [-0.4, -0.2) is 25.1 Å². The molecule has 0 fully saturated rings. The topological polar surface area (TPSA) is 28.2 Å². The second-order valence-electron chi connectivity index (χ2n) is 4.55. The minimum Gasteiger partial charge on any atom is -0.359 e. The quantitative estimate of drug-likeness (QED) is 0.722. The first-order chi connectivity index (χ1) is 8.69. The second kappa shape index (κ2) is 8.03. The fourth-order valence-electron chi connectivity index (χ4n) is 1.91. The highest BCUT2D eigenvalue weighted by Crippen LogP contribution is 2.18. The second-order valence-corrected chi connectivity index (χ2v) is 4.55.